The van der Waals surface area contributed by atoms with Crippen LogP contribution in [0.5, 0.6) is 5.75 Å². The highest BCUT2D eigenvalue weighted by Crippen LogP contribution is 2.13. The van der Waals surface area contributed by atoms with Gasteiger partial charge in [-0.2, -0.15) is 0 Å². The number of nitrogens with one attached hydrogen (secondary N) is 1. The Balaban J connectivity index is 2.60. The molecular weight excluding hydrogens is 200 g/mol. The molecule has 0 saturated carbocycles. The van der Waals surface area contributed by atoms with Crippen LogP contribution < -0.4 is 10.1 Å². The summed E-state index contributed by atoms with van der Waals surface area (Å²) >= 11 is 0. The second kappa shape index (κ2) is 5.30. The van der Waals surface area contributed by atoms with Gasteiger partial charge in [-0.15, -0.1) is 0 Å². The third kappa shape index (κ3) is 5.12. The van der Waals surface area contributed by atoms with Crippen molar-refractivity contribution in [3.8, 4) is 5.75 Å². The zero-order valence-corrected chi connectivity index (χ0v) is 10.9. The van der Waals surface area contributed by atoms with Crippen LogP contribution in [0.15, 0.2) is 18.5 Å². The van der Waals surface area contributed by atoms with E-state index < -0.39 is 0 Å². The minimum atomic E-state index is 0.120. The summed E-state index contributed by atoms with van der Waals surface area (Å²) in [6, 6.07) is 2.03. The number of hydrogen-bond acceptors (Lipinski definition) is 3. The summed E-state index contributed by atoms with van der Waals surface area (Å²) < 4.78 is 5.60. The first kappa shape index (κ1) is 13.0. The molecule has 0 bridgehead atoms. The van der Waals surface area contributed by atoms with Gasteiger partial charge in [-0.25, -0.2) is 0 Å². The van der Waals surface area contributed by atoms with Crippen molar-refractivity contribution in [3.05, 3.63) is 24.0 Å². The molecule has 1 aromatic heterocycles. The monoisotopic (exact) mass is 222 g/mol. The van der Waals surface area contributed by atoms with E-state index in [1.54, 1.807) is 6.20 Å². The van der Waals surface area contributed by atoms with Crippen molar-refractivity contribution in [2.75, 3.05) is 0 Å². The first-order chi connectivity index (χ1) is 7.37. The number of ether oxygens (including phenoxy) is 1. The fourth-order valence-corrected chi connectivity index (χ4v) is 1.26. The summed E-state index contributed by atoms with van der Waals surface area (Å²) in [4.78, 5) is 4.17. The van der Waals surface area contributed by atoms with E-state index in [0.29, 0.717) is 0 Å². The minimum Gasteiger partial charge on any atom is -0.489 e. The van der Waals surface area contributed by atoms with Gasteiger partial charge in [-0.3, -0.25) is 4.98 Å². The maximum Gasteiger partial charge on any atom is 0.138 e. The summed E-state index contributed by atoms with van der Waals surface area (Å²) in [7, 11) is 0. The third-order valence-corrected chi connectivity index (χ3v) is 1.96. The Morgan fingerprint density at radius 1 is 1.31 bits per heavy atom. The van der Waals surface area contributed by atoms with Crippen LogP contribution in [-0.4, -0.2) is 16.6 Å². The van der Waals surface area contributed by atoms with Gasteiger partial charge in [-0.05, 0) is 46.2 Å². The normalized spacial score (nSPS) is 11.9. The van der Waals surface area contributed by atoms with Gasteiger partial charge in [-0.1, -0.05) is 0 Å². The largest absolute Gasteiger partial charge is 0.489 e. The van der Waals surface area contributed by atoms with Crippen molar-refractivity contribution >= 4 is 0 Å². The lowest BCUT2D eigenvalue weighted by Gasteiger charge is -2.20. The quantitative estimate of drug-likeness (QED) is 0.850. The highest BCUT2D eigenvalue weighted by atomic mass is 16.5. The Labute approximate surface area is 98.2 Å². The number of aromatic nitrogens is 1. The third-order valence-electron chi connectivity index (χ3n) is 1.96. The average Bonchev–Trinajstić information content (AvgIpc) is 2.13. The SMILES string of the molecule is CC(C)Oc1cncc(CNC(C)(C)C)c1. The Morgan fingerprint density at radius 2 is 2.00 bits per heavy atom. The molecule has 0 aliphatic heterocycles. The highest BCUT2D eigenvalue weighted by Gasteiger charge is 2.08. The molecule has 0 amide bonds. The molecule has 90 valence electrons. The van der Waals surface area contributed by atoms with Crippen LogP contribution in [0.4, 0.5) is 0 Å². The standard InChI is InChI=1S/C13H22N2O/c1-10(2)16-12-6-11(7-14-9-12)8-15-13(3,4)5/h6-7,9-10,15H,8H2,1-5H3. The predicted octanol–water partition coefficient (Wildman–Crippen LogP) is 2.76. The lowest BCUT2D eigenvalue weighted by atomic mass is 10.1. The van der Waals surface area contributed by atoms with E-state index in [-0.39, 0.29) is 11.6 Å². The molecule has 0 aliphatic rings. The van der Waals surface area contributed by atoms with Gasteiger partial charge in [0.05, 0.1) is 12.3 Å². The Kier molecular flexibility index (Phi) is 4.30. The van der Waals surface area contributed by atoms with E-state index in [2.05, 4.69) is 31.1 Å². The topological polar surface area (TPSA) is 34.1 Å². The lowest BCUT2D eigenvalue weighted by molar-refractivity contribution is 0.241. The molecule has 0 spiro atoms. The van der Waals surface area contributed by atoms with Crippen LogP contribution in [0.25, 0.3) is 0 Å². The zero-order chi connectivity index (χ0) is 12.2. The van der Waals surface area contributed by atoms with Gasteiger partial charge in [0.2, 0.25) is 0 Å². The van der Waals surface area contributed by atoms with E-state index in [0.717, 1.165) is 17.9 Å². The lowest BCUT2D eigenvalue weighted by Crippen LogP contribution is -2.35. The van der Waals surface area contributed by atoms with Crippen molar-refractivity contribution in [2.24, 2.45) is 0 Å². The van der Waals surface area contributed by atoms with Crippen molar-refractivity contribution in [1.82, 2.24) is 10.3 Å². The van der Waals surface area contributed by atoms with E-state index >= 15 is 0 Å². The van der Waals surface area contributed by atoms with Crippen LogP contribution in [-0.2, 0) is 6.54 Å². The molecule has 16 heavy (non-hydrogen) atoms. The summed E-state index contributed by atoms with van der Waals surface area (Å²) in [6.45, 7) is 11.3. The van der Waals surface area contributed by atoms with E-state index in [4.69, 9.17) is 4.74 Å². The van der Waals surface area contributed by atoms with Crippen molar-refractivity contribution in [1.29, 1.82) is 0 Å². The van der Waals surface area contributed by atoms with Gasteiger partial charge in [0, 0.05) is 18.3 Å². The Bertz CT molecular complexity index is 329. The van der Waals surface area contributed by atoms with E-state index in [1.807, 2.05) is 26.1 Å². The molecule has 1 heterocycles. The molecule has 0 atom stereocenters. The number of hydrogen-bond donors (Lipinski definition) is 1. The minimum absolute atomic E-state index is 0.120. The van der Waals surface area contributed by atoms with Crippen LogP contribution >= 0.6 is 0 Å². The van der Waals surface area contributed by atoms with Crippen LogP contribution in [0.2, 0.25) is 0 Å². The molecular formula is C13H22N2O. The second-order valence-electron chi connectivity index (χ2n) is 5.30. The van der Waals surface area contributed by atoms with Crippen LogP contribution in [0.1, 0.15) is 40.2 Å². The molecule has 1 N–H and O–H groups in total. The Morgan fingerprint density at radius 3 is 2.56 bits per heavy atom. The van der Waals surface area contributed by atoms with Crippen LogP contribution in [0, 0.1) is 0 Å². The fraction of sp³-hybridized carbons (Fsp3) is 0.615. The predicted molar refractivity (Wildman–Crippen MR) is 66.6 cm³/mol. The molecule has 0 saturated heterocycles. The summed E-state index contributed by atoms with van der Waals surface area (Å²) in [5, 5.41) is 3.42. The number of pyridine rings is 1. The molecule has 0 radical (unpaired) electrons. The summed E-state index contributed by atoms with van der Waals surface area (Å²) in [5.41, 5.74) is 1.27. The van der Waals surface area contributed by atoms with Gasteiger partial charge < -0.3 is 10.1 Å². The average molecular weight is 222 g/mol. The van der Waals surface area contributed by atoms with Crippen molar-refractivity contribution in [2.45, 2.75) is 52.8 Å². The number of rotatable bonds is 4. The smallest absolute Gasteiger partial charge is 0.138 e. The first-order valence-electron chi connectivity index (χ1n) is 5.72. The zero-order valence-electron chi connectivity index (χ0n) is 10.9. The van der Waals surface area contributed by atoms with Gasteiger partial charge in [0.1, 0.15) is 5.75 Å². The number of nitrogens with zero attached hydrogens (tertiary/aromatic N) is 1. The first-order valence-corrected chi connectivity index (χ1v) is 5.72. The molecule has 0 unspecified atom stereocenters. The van der Waals surface area contributed by atoms with Gasteiger partial charge >= 0.3 is 0 Å². The maximum atomic E-state index is 5.60. The van der Waals surface area contributed by atoms with Crippen LogP contribution in [0.3, 0.4) is 0 Å². The highest BCUT2D eigenvalue weighted by molar-refractivity contribution is 5.23. The molecule has 0 aromatic carbocycles. The summed E-state index contributed by atoms with van der Waals surface area (Å²) in [5.74, 6) is 0.836. The molecule has 3 heteroatoms. The van der Waals surface area contributed by atoms with E-state index in [9.17, 15) is 0 Å². The van der Waals surface area contributed by atoms with Gasteiger partial charge in [0.15, 0.2) is 0 Å². The molecule has 0 fully saturated rings. The van der Waals surface area contributed by atoms with E-state index in [1.165, 1.54) is 0 Å². The second-order valence-corrected chi connectivity index (χ2v) is 5.30. The molecule has 1 aromatic rings. The molecule has 3 nitrogen and oxygen atoms in total. The Hall–Kier alpha value is -1.09. The maximum absolute atomic E-state index is 5.60. The van der Waals surface area contributed by atoms with Crippen molar-refractivity contribution < 1.29 is 4.74 Å². The molecule has 1 rings (SSSR count). The summed E-state index contributed by atoms with van der Waals surface area (Å²) in [6.07, 6.45) is 3.81. The van der Waals surface area contributed by atoms with Gasteiger partial charge in [0.25, 0.3) is 0 Å². The fourth-order valence-electron chi connectivity index (χ4n) is 1.26. The molecule has 0 aliphatic carbocycles. The van der Waals surface area contributed by atoms with Crippen molar-refractivity contribution in [3.63, 3.8) is 0 Å².